The van der Waals surface area contributed by atoms with E-state index >= 15 is 0 Å². The summed E-state index contributed by atoms with van der Waals surface area (Å²) in [6.45, 7) is 1.87. The maximum absolute atomic E-state index is 12.7. The zero-order valence-corrected chi connectivity index (χ0v) is 19.3. The van der Waals surface area contributed by atoms with Crippen molar-refractivity contribution in [1.29, 1.82) is 0 Å². The number of thioether (sulfide) groups is 1. The number of sulfonamides is 1. The van der Waals surface area contributed by atoms with E-state index in [1.807, 2.05) is 6.92 Å². The molecular formula is C23H18F3N3O3S2. The van der Waals surface area contributed by atoms with Crippen molar-refractivity contribution in [1.82, 2.24) is 10.2 Å². The first-order chi connectivity index (χ1) is 16.1. The quantitative estimate of drug-likeness (QED) is 0.303. The van der Waals surface area contributed by atoms with E-state index in [0.29, 0.717) is 22.6 Å². The number of aromatic nitrogens is 2. The highest BCUT2D eigenvalue weighted by Gasteiger charge is 2.29. The van der Waals surface area contributed by atoms with Crippen molar-refractivity contribution in [2.75, 3.05) is 4.72 Å². The van der Waals surface area contributed by atoms with Crippen LogP contribution >= 0.6 is 11.8 Å². The SMILES string of the molecule is Cc1ccc(S(=O)(=O)Nc2ccc(-c3nnc(SCc4ccc(C(F)(F)F)cc4)o3)cc2)cc1. The standard InChI is InChI=1S/C23H18F3N3O3S2/c1-15-2-12-20(13-3-15)34(30,31)29-19-10-6-17(7-11-19)21-27-28-22(32-21)33-14-16-4-8-18(9-5-16)23(24,25)26/h2-13,29H,14H2,1H3. The molecule has 0 aliphatic carbocycles. The molecular weight excluding hydrogens is 487 g/mol. The van der Waals surface area contributed by atoms with Crippen LogP contribution < -0.4 is 4.72 Å². The molecule has 1 N–H and O–H groups in total. The van der Waals surface area contributed by atoms with Gasteiger partial charge in [0.25, 0.3) is 15.2 Å². The highest BCUT2D eigenvalue weighted by Crippen LogP contribution is 2.31. The Morgan fingerprint density at radius 3 is 2.18 bits per heavy atom. The lowest BCUT2D eigenvalue weighted by Gasteiger charge is -2.08. The Morgan fingerprint density at radius 1 is 0.912 bits per heavy atom. The van der Waals surface area contributed by atoms with Gasteiger partial charge in [-0.15, -0.1) is 10.2 Å². The van der Waals surface area contributed by atoms with Crippen molar-refractivity contribution in [3.63, 3.8) is 0 Å². The van der Waals surface area contributed by atoms with Crippen molar-refractivity contribution in [3.8, 4) is 11.5 Å². The maximum atomic E-state index is 12.7. The second-order valence-corrected chi connectivity index (χ2v) is 9.96. The third kappa shape index (κ3) is 5.78. The summed E-state index contributed by atoms with van der Waals surface area (Å²) >= 11 is 1.20. The average Bonchev–Trinajstić information content (AvgIpc) is 3.27. The minimum atomic E-state index is -4.37. The number of halogens is 3. The van der Waals surface area contributed by atoms with E-state index < -0.39 is 21.8 Å². The smallest absolute Gasteiger partial charge is 0.411 e. The van der Waals surface area contributed by atoms with Crippen LogP contribution in [0, 0.1) is 6.92 Å². The Morgan fingerprint density at radius 2 is 1.56 bits per heavy atom. The molecule has 0 aliphatic heterocycles. The van der Waals surface area contributed by atoms with Gasteiger partial charge >= 0.3 is 6.18 Å². The second kappa shape index (κ2) is 9.51. The summed E-state index contributed by atoms with van der Waals surface area (Å²) in [5.74, 6) is 0.599. The molecule has 4 rings (SSSR count). The lowest BCUT2D eigenvalue weighted by molar-refractivity contribution is -0.137. The van der Waals surface area contributed by atoms with E-state index in [1.54, 1.807) is 36.4 Å². The molecule has 0 spiro atoms. The summed E-state index contributed by atoms with van der Waals surface area (Å²) in [4.78, 5) is 0.161. The summed E-state index contributed by atoms with van der Waals surface area (Å²) in [6, 6.07) is 17.8. The number of benzene rings is 3. The van der Waals surface area contributed by atoms with Crippen molar-refractivity contribution >= 4 is 27.5 Å². The van der Waals surface area contributed by atoms with Gasteiger partial charge in [-0.2, -0.15) is 13.2 Å². The van der Waals surface area contributed by atoms with Gasteiger partial charge < -0.3 is 4.42 Å². The number of rotatable bonds is 7. The van der Waals surface area contributed by atoms with Gasteiger partial charge in [0.15, 0.2) is 0 Å². The molecule has 6 nitrogen and oxygen atoms in total. The highest BCUT2D eigenvalue weighted by atomic mass is 32.2. The second-order valence-electron chi connectivity index (χ2n) is 7.35. The van der Waals surface area contributed by atoms with Crippen molar-refractivity contribution in [3.05, 3.63) is 89.5 Å². The number of hydrogen-bond donors (Lipinski definition) is 1. The van der Waals surface area contributed by atoms with E-state index in [-0.39, 0.29) is 16.0 Å². The molecule has 0 unspecified atom stereocenters. The van der Waals surface area contributed by atoms with Gasteiger partial charge in [-0.25, -0.2) is 8.42 Å². The Bertz CT molecular complexity index is 1370. The monoisotopic (exact) mass is 505 g/mol. The molecule has 0 bridgehead atoms. The van der Waals surface area contributed by atoms with Crippen LogP contribution in [0.15, 0.2) is 87.3 Å². The molecule has 11 heteroatoms. The van der Waals surface area contributed by atoms with Crippen LogP contribution in [0.5, 0.6) is 0 Å². The lowest BCUT2D eigenvalue weighted by atomic mass is 10.1. The summed E-state index contributed by atoms with van der Waals surface area (Å²) in [5, 5.41) is 8.19. The first-order valence-corrected chi connectivity index (χ1v) is 12.4. The van der Waals surface area contributed by atoms with Crippen molar-refractivity contribution in [2.24, 2.45) is 0 Å². The Labute approximate surface area is 198 Å². The largest absolute Gasteiger partial charge is 0.416 e. The summed E-state index contributed by atoms with van der Waals surface area (Å²) in [7, 11) is -3.72. The molecule has 0 aliphatic rings. The fraction of sp³-hybridized carbons (Fsp3) is 0.130. The van der Waals surface area contributed by atoms with Gasteiger partial charge in [-0.3, -0.25) is 4.72 Å². The van der Waals surface area contributed by atoms with Crippen LogP contribution in [0.2, 0.25) is 0 Å². The zero-order chi connectivity index (χ0) is 24.3. The molecule has 0 fully saturated rings. The Balaban J connectivity index is 1.38. The van der Waals surface area contributed by atoms with Gasteiger partial charge in [0, 0.05) is 17.0 Å². The molecule has 176 valence electrons. The fourth-order valence-corrected chi connectivity index (χ4v) is 4.71. The number of aryl methyl sites for hydroxylation is 1. The van der Waals surface area contributed by atoms with E-state index in [9.17, 15) is 21.6 Å². The Kier molecular flexibility index (Phi) is 6.67. The van der Waals surface area contributed by atoms with Crippen LogP contribution in [-0.2, 0) is 22.0 Å². The third-order valence-electron chi connectivity index (χ3n) is 4.77. The molecule has 0 amide bonds. The van der Waals surface area contributed by atoms with E-state index in [0.717, 1.165) is 17.7 Å². The maximum Gasteiger partial charge on any atom is 0.416 e. The third-order valence-corrected chi connectivity index (χ3v) is 7.05. The van der Waals surface area contributed by atoms with Gasteiger partial charge in [-0.1, -0.05) is 41.6 Å². The molecule has 1 aromatic heterocycles. The van der Waals surface area contributed by atoms with Crippen LogP contribution in [0.3, 0.4) is 0 Å². The molecule has 0 saturated heterocycles. The summed E-state index contributed by atoms with van der Waals surface area (Å²) in [5.41, 5.74) is 1.90. The summed E-state index contributed by atoms with van der Waals surface area (Å²) in [6.07, 6.45) is -4.37. The van der Waals surface area contributed by atoms with Gasteiger partial charge in [0.05, 0.1) is 10.5 Å². The minimum absolute atomic E-state index is 0.161. The van der Waals surface area contributed by atoms with E-state index in [2.05, 4.69) is 14.9 Å². The van der Waals surface area contributed by atoms with Crippen molar-refractivity contribution < 1.29 is 26.0 Å². The Hall–Kier alpha value is -3.31. The fourth-order valence-electron chi connectivity index (χ4n) is 2.93. The first-order valence-electron chi connectivity index (χ1n) is 9.92. The molecule has 0 radical (unpaired) electrons. The number of nitrogens with zero attached hydrogens (tertiary/aromatic N) is 2. The van der Waals surface area contributed by atoms with Gasteiger partial charge in [-0.05, 0) is 61.0 Å². The van der Waals surface area contributed by atoms with E-state index in [1.165, 1.54) is 36.0 Å². The number of anilines is 1. The molecule has 4 aromatic rings. The molecule has 3 aromatic carbocycles. The van der Waals surface area contributed by atoms with Crippen LogP contribution in [0.25, 0.3) is 11.5 Å². The van der Waals surface area contributed by atoms with Gasteiger partial charge in [0.2, 0.25) is 5.89 Å². The summed E-state index contributed by atoms with van der Waals surface area (Å²) < 4.78 is 71.1. The van der Waals surface area contributed by atoms with E-state index in [4.69, 9.17) is 4.42 Å². The predicted molar refractivity (Wildman–Crippen MR) is 123 cm³/mol. The predicted octanol–water partition coefficient (Wildman–Crippen LogP) is 6.16. The molecule has 0 atom stereocenters. The molecule has 0 saturated carbocycles. The number of alkyl halides is 3. The molecule has 34 heavy (non-hydrogen) atoms. The number of nitrogens with one attached hydrogen (secondary N) is 1. The first kappa shape index (κ1) is 23.8. The lowest BCUT2D eigenvalue weighted by Crippen LogP contribution is -2.12. The topological polar surface area (TPSA) is 85.1 Å². The zero-order valence-electron chi connectivity index (χ0n) is 17.7. The number of hydrogen-bond acceptors (Lipinski definition) is 6. The molecule has 1 heterocycles. The normalized spacial score (nSPS) is 12.0. The minimum Gasteiger partial charge on any atom is -0.411 e. The van der Waals surface area contributed by atoms with Crippen molar-refractivity contribution in [2.45, 2.75) is 29.0 Å². The average molecular weight is 506 g/mol. The van der Waals surface area contributed by atoms with Gasteiger partial charge in [0.1, 0.15) is 0 Å². The van der Waals surface area contributed by atoms with Crippen LogP contribution in [-0.4, -0.2) is 18.6 Å². The van der Waals surface area contributed by atoms with Crippen LogP contribution in [0.1, 0.15) is 16.7 Å². The highest BCUT2D eigenvalue weighted by molar-refractivity contribution is 7.98. The van der Waals surface area contributed by atoms with Crippen LogP contribution in [0.4, 0.5) is 18.9 Å².